The van der Waals surface area contributed by atoms with Gasteiger partial charge in [-0.05, 0) is 54.3 Å². The van der Waals surface area contributed by atoms with E-state index in [-0.39, 0.29) is 5.82 Å². The first-order valence-corrected chi connectivity index (χ1v) is 12.4. The fraction of sp³-hybridized carbons (Fsp3) is 0.345. The van der Waals surface area contributed by atoms with E-state index in [2.05, 4.69) is 71.8 Å². The lowest BCUT2D eigenvalue weighted by Crippen LogP contribution is -2.53. The molecule has 1 unspecified atom stereocenters. The summed E-state index contributed by atoms with van der Waals surface area (Å²) >= 11 is 0. The maximum absolute atomic E-state index is 15.0. The van der Waals surface area contributed by atoms with E-state index in [0.717, 1.165) is 60.6 Å². The minimum absolute atomic E-state index is 0.202. The number of halogens is 1. The van der Waals surface area contributed by atoms with E-state index in [0.29, 0.717) is 17.5 Å². The molecule has 2 aliphatic heterocycles. The summed E-state index contributed by atoms with van der Waals surface area (Å²) in [5.41, 5.74) is 13.6. The Hall–Kier alpha value is -3.38. The third-order valence-electron chi connectivity index (χ3n) is 7.49. The molecule has 0 amide bonds. The number of rotatable bonds is 4. The Balaban J connectivity index is 1.44. The van der Waals surface area contributed by atoms with Crippen LogP contribution >= 0.6 is 0 Å². The van der Waals surface area contributed by atoms with Crippen molar-refractivity contribution in [3.05, 3.63) is 72.2 Å². The second-order valence-electron chi connectivity index (χ2n) is 10.1. The van der Waals surface area contributed by atoms with Gasteiger partial charge in [-0.15, -0.1) is 0 Å². The third kappa shape index (κ3) is 4.50. The minimum atomic E-state index is -0.547. The number of aromatic nitrogens is 1. The highest BCUT2D eigenvalue weighted by atomic mass is 19.1. The Morgan fingerprint density at radius 2 is 1.77 bits per heavy atom. The molecule has 0 aliphatic carbocycles. The number of anilines is 2. The fourth-order valence-corrected chi connectivity index (χ4v) is 5.35. The van der Waals surface area contributed by atoms with Gasteiger partial charge in [0.25, 0.3) is 0 Å². The summed E-state index contributed by atoms with van der Waals surface area (Å²) in [7, 11) is 2.20. The van der Waals surface area contributed by atoms with E-state index < -0.39 is 5.95 Å². The molecule has 5 nitrogen and oxygen atoms in total. The largest absolute Gasteiger partial charge is 0.385 e. The second-order valence-corrected chi connectivity index (χ2v) is 10.1. The number of fused-ring (bicyclic) bond motifs is 1. The number of benzene rings is 2. The van der Waals surface area contributed by atoms with Crippen molar-refractivity contribution in [1.29, 1.82) is 0 Å². The highest BCUT2D eigenvalue weighted by molar-refractivity contribution is 5.82. The number of nitrogen functional groups attached to an aromatic ring is 1. The summed E-state index contributed by atoms with van der Waals surface area (Å²) in [6.45, 7) is 12.5. The summed E-state index contributed by atoms with van der Waals surface area (Å²) in [6, 6.07) is 16.7. The molecule has 3 N–H and O–H groups in total. The number of pyridine rings is 1. The van der Waals surface area contributed by atoms with Crippen molar-refractivity contribution in [2.45, 2.75) is 26.3 Å². The van der Waals surface area contributed by atoms with Crippen LogP contribution in [0.2, 0.25) is 0 Å². The van der Waals surface area contributed by atoms with Gasteiger partial charge in [0.1, 0.15) is 5.82 Å². The molecular formula is C29H34FN5. The zero-order valence-corrected chi connectivity index (χ0v) is 20.8. The summed E-state index contributed by atoms with van der Waals surface area (Å²) < 4.78 is 15.0. The Bertz CT molecular complexity index is 1250. The van der Waals surface area contributed by atoms with E-state index >= 15 is 0 Å². The summed E-state index contributed by atoms with van der Waals surface area (Å²) in [4.78, 5) is 8.94. The van der Waals surface area contributed by atoms with E-state index in [9.17, 15) is 4.39 Å². The molecule has 1 atom stereocenters. The average Bonchev–Trinajstić information content (AvgIpc) is 2.84. The number of hydrogen-bond donors (Lipinski definition) is 2. The average molecular weight is 472 g/mol. The van der Waals surface area contributed by atoms with Crippen LogP contribution in [0.15, 0.2) is 55.1 Å². The predicted molar refractivity (Wildman–Crippen MR) is 144 cm³/mol. The first-order valence-electron chi connectivity index (χ1n) is 12.4. The van der Waals surface area contributed by atoms with Crippen LogP contribution in [0.3, 0.4) is 0 Å². The van der Waals surface area contributed by atoms with Gasteiger partial charge < -0.3 is 16.0 Å². The van der Waals surface area contributed by atoms with Crippen molar-refractivity contribution >= 4 is 17.2 Å². The van der Waals surface area contributed by atoms with Gasteiger partial charge in [0, 0.05) is 60.3 Å². The molecule has 0 radical (unpaired) electrons. The smallest absolute Gasteiger partial charge is 0.222 e. The van der Waals surface area contributed by atoms with E-state index in [4.69, 9.17) is 5.73 Å². The normalized spacial score (nSPS) is 18.5. The predicted octanol–water partition coefficient (Wildman–Crippen LogP) is 5.03. The third-order valence-corrected chi connectivity index (χ3v) is 7.49. The van der Waals surface area contributed by atoms with E-state index in [1.54, 1.807) is 0 Å². The van der Waals surface area contributed by atoms with Crippen molar-refractivity contribution in [3.8, 4) is 22.3 Å². The molecule has 0 saturated carbocycles. The van der Waals surface area contributed by atoms with E-state index in [1.807, 2.05) is 24.3 Å². The Morgan fingerprint density at radius 1 is 1.03 bits per heavy atom. The molecule has 1 aromatic heterocycles. The molecule has 182 valence electrons. The first-order chi connectivity index (χ1) is 16.8. The van der Waals surface area contributed by atoms with Crippen molar-refractivity contribution < 1.29 is 4.39 Å². The molecule has 1 saturated heterocycles. The zero-order chi connectivity index (χ0) is 24.7. The molecule has 0 spiro atoms. The lowest BCUT2D eigenvalue weighted by molar-refractivity contribution is 0.173. The lowest BCUT2D eigenvalue weighted by atomic mass is 9.93. The number of nitrogens with one attached hydrogen (secondary N) is 1. The van der Waals surface area contributed by atoms with Crippen LogP contribution in [0.1, 0.15) is 25.0 Å². The molecule has 3 heterocycles. The van der Waals surface area contributed by atoms with Crippen LogP contribution in [-0.4, -0.2) is 49.2 Å². The van der Waals surface area contributed by atoms with Crippen LogP contribution in [-0.2, 0) is 6.42 Å². The molecule has 3 aromatic rings. The van der Waals surface area contributed by atoms with Crippen LogP contribution in [0.25, 0.3) is 28.0 Å². The van der Waals surface area contributed by atoms with Crippen LogP contribution in [0.4, 0.5) is 15.9 Å². The molecule has 35 heavy (non-hydrogen) atoms. The molecule has 2 aromatic carbocycles. The standard InChI is InChI=1S/C29H34FN5/c1-18(2)27-17-35(14-13-34(27)4)23-8-5-20(6-9-23)25-16-26(29(31)33-28(25)30)21-7-10-24-19(3)32-12-11-22(24)15-21/h5-10,15-16,18,27,32H,3,11-14,17H2,1-2,4H3,(H2,31,33). The lowest BCUT2D eigenvalue weighted by Gasteiger charge is -2.42. The van der Waals surface area contributed by atoms with Gasteiger partial charge in [-0.2, -0.15) is 4.39 Å². The number of nitrogens with two attached hydrogens (primary N) is 1. The number of hydrogen-bond acceptors (Lipinski definition) is 5. The first kappa shape index (κ1) is 23.4. The van der Waals surface area contributed by atoms with Gasteiger partial charge in [-0.3, -0.25) is 4.90 Å². The van der Waals surface area contributed by atoms with Gasteiger partial charge in [0.2, 0.25) is 5.95 Å². The Labute approximate surface area is 207 Å². The van der Waals surface area contributed by atoms with Crippen LogP contribution in [0, 0.1) is 11.9 Å². The van der Waals surface area contributed by atoms with Crippen LogP contribution < -0.4 is 16.0 Å². The quantitative estimate of drug-likeness (QED) is 0.523. The molecular weight excluding hydrogens is 437 g/mol. The molecule has 1 fully saturated rings. The number of nitrogens with zero attached hydrogens (tertiary/aromatic N) is 3. The van der Waals surface area contributed by atoms with Crippen molar-refractivity contribution in [2.24, 2.45) is 5.92 Å². The summed E-state index contributed by atoms with van der Waals surface area (Å²) in [6.07, 6.45) is 0.912. The topological polar surface area (TPSA) is 57.4 Å². The summed E-state index contributed by atoms with van der Waals surface area (Å²) in [5.74, 6) is 0.245. The maximum Gasteiger partial charge on any atom is 0.222 e. The zero-order valence-electron chi connectivity index (χ0n) is 20.8. The minimum Gasteiger partial charge on any atom is -0.385 e. The molecule has 6 heteroatoms. The Kier molecular flexibility index (Phi) is 6.24. The Morgan fingerprint density at radius 3 is 2.51 bits per heavy atom. The molecule has 2 aliphatic rings. The fourth-order valence-electron chi connectivity index (χ4n) is 5.35. The monoisotopic (exact) mass is 471 g/mol. The van der Waals surface area contributed by atoms with Gasteiger partial charge in [0.15, 0.2) is 0 Å². The number of likely N-dealkylation sites (N-methyl/N-ethyl adjacent to an activating group) is 1. The van der Waals surface area contributed by atoms with Crippen LogP contribution in [0.5, 0.6) is 0 Å². The van der Waals surface area contributed by atoms with Crippen molar-refractivity contribution in [1.82, 2.24) is 15.2 Å². The van der Waals surface area contributed by atoms with Gasteiger partial charge in [-0.1, -0.05) is 50.8 Å². The molecule has 0 bridgehead atoms. The number of piperazine rings is 1. The second kappa shape index (κ2) is 9.34. The molecule has 5 rings (SSSR count). The summed E-state index contributed by atoms with van der Waals surface area (Å²) in [5, 5.41) is 3.30. The van der Waals surface area contributed by atoms with Crippen molar-refractivity contribution in [2.75, 3.05) is 43.9 Å². The highest BCUT2D eigenvalue weighted by Crippen LogP contribution is 2.35. The van der Waals surface area contributed by atoms with Gasteiger partial charge in [-0.25, -0.2) is 4.98 Å². The maximum atomic E-state index is 15.0. The SMILES string of the molecule is C=C1NCCc2cc(-c3cc(-c4ccc(N5CCN(C)C(C(C)C)C5)cc4)c(F)nc3N)ccc21. The van der Waals surface area contributed by atoms with Gasteiger partial charge >= 0.3 is 0 Å². The highest BCUT2D eigenvalue weighted by Gasteiger charge is 2.27. The van der Waals surface area contributed by atoms with E-state index in [1.165, 1.54) is 11.3 Å². The van der Waals surface area contributed by atoms with Gasteiger partial charge in [0.05, 0.1) is 0 Å². The van der Waals surface area contributed by atoms with Crippen molar-refractivity contribution in [3.63, 3.8) is 0 Å².